The molecule has 0 amide bonds. The first-order valence-electron chi connectivity index (χ1n) is 50.5. The molecule has 0 unspecified atom stereocenters. The summed E-state index contributed by atoms with van der Waals surface area (Å²) in [6, 6.07) is 46.9. The number of aromatic nitrogens is 8. The molecule has 0 atom stereocenters. The molecule has 6 aromatic carbocycles. The Morgan fingerprint density at radius 1 is 0.218 bits per heavy atom. The maximum absolute atomic E-state index is 6.40. The molecule has 7 aromatic heterocycles. The van der Waals surface area contributed by atoms with E-state index in [1.807, 2.05) is 71.2 Å². The van der Waals surface area contributed by atoms with Crippen LogP contribution in [0, 0.1) is 0 Å². The second kappa shape index (κ2) is 63.8. The Hall–Kier alpha value is -5.02. The van der Waals surface area contributed by atoms with Crippen LogP contribution < -0.4 is 24.7 Å². The number of hydrogen-bond donors (Lipinski definition) is 0. The zero-order valence-corrected chi connectivity index (χ0v) is 99.1. The number of ether oxygens (including phenoxy) is 16. The molecule has 0 spiro atoms. The first kappa shape index (κ1) is 114. The van der Waals surface area contributed by atoms with Crippen LogP contribution in [-0.2, 0) is 56.8 Å². The maximum atomic E-state index is 6.40. The van der Waals surface area contributed by atoms with Crippen molar-refractivity contribution in [3.63, 3.8) is 0 Å². The van der Waals surface area contributed by atoms with Crippen LogP contribution in [0.2, 0.25) is 26.6 Å². The Labute approximate surface area is 900 Å². The Balaban J connectivity index is 0.973. The molecule has 0 saturated carbocycles. The molecule has 142 heavy (non-hydrogen) atoms. The van der Waals surface area contributed by atoms with Crippen molar-refractivity contribution in [2.75, 3.05) is 206 Å². The molecule has 13 rings (SSSR count). The van der Waals surface area contributed by atoms with Gasteiger partial charge in [-0.2, -0.15) is 0 Å². The van der Waals surface area contributed by atoms with Gasteiger partial charge in [0, 0.05) is 21.3 Å². The summed E-state index contributed by atoms with van der Waals surface area (Å²) >= 11 is 15.6. The van der Waals surface area contributed by atoms with Crippen molar-refractivity contribution in [3.8, 4) is 110 Å². The van der Waals surface area contributed by atoms with Gasteiger partial charge in [0.2, 0.25) is 0 Å². The van der Waals surface area contributed by atoms with Crippen LogP contribution in [0.4, 0.5) is 0 Å². The van der Waals surface area contributed by atoms with Gasteiger partial charge in [0.15, 0.2) is 0 Å². The summed E-state index contributed by atoms with van der Waals surface area (Å²) in [5.41, 5.74) is 15.5. The Kier molecular flexibility index (Phi) is 51.3. The van der Waals surface area contributed by atoms with E-state index in [1.54, 1.807) is 17.1 Å². The van der Waals surface area contributed by atoms with Crippen LogP contribution in [0.3, 0.4) is 0 Å². The number of unbranched alkanes of at least 4 members (excludes halogenated alkanes) is 5. The van der Waals surface area contributed by atoms with E-state index in [9.17, 15) is 0 Å². The number of benzene rings is 6. The van der Waals surface area contributed by atoms with Gasteiger partial charge in [-0.1, -0.05) is 63.7 Å². The van der Waals surface area contributed by atoms with E-state index < -0.39 is 36.8 Å². The van der Waals surface area contributed by atoms with Gasteiger partial charge in [-0.15, -0.1) is 0 Å². The van der Waals surface area contributed by atoms with Crippen LogP contribution >= 0.6 is 121 Å². The zero-order chi connectivity index (χ0) is 99.0. The minimum absolute atomic E-state index is 0.342. The molecule has 0 aliphatic heterocycles. The number of alkyl halides is 4. The molecule has 0 aliphatic rings. The summed E-state index contributed by atoms with van der Waals surface area (Å²) in [5.74, 6) is 2.77. The van der Waals surface area contributed by atoms with Crippen molar-refractivity contribution in [1.82, 2.24) is 37.4 Å². The molecule has 0 fully saturated rings. The van der Waals surface area contributed by atoms with Gasteiger partial charge >= 0.3 is 573 Å². The molecule has 13 aromatic rings. The SMILES string of the molecule is CCC[CH2][Sn]([CH2]CC)([CH2]CCC)[c]1ccc(-c2c3nsnc3c(-c3ccc(-c4c5nsnc5c(-c5cc[c]([Sn]([CH2]CCC)([CH2]CCC)[CH2]CCC)s5)c5nc(-c6ccc(OCCOCCOCCOCCBr)cc6)c(-c6ccc(OCCOCCOCCOCCBr)cc6)nc45)s3)c3nc(-c4ccc(OCCOCCOCCOCCBr)cc4)c(-c4ccc(OCCOCCOCCOCCBr)cc4)nc23)s1. The second-order valence-corrected chi connectivity index (χ2v) is 70.4. The third-order valence-electron chi connectivity index (χ3n) is 24.6. The van der Waals surface area contributed by atoms with Crippen LogP contribution in [0.5, 0.6) is 23.0 Å². The third-order valence-corrected chi connectivity index (χ3v) is 67.3. The van der Waals surface area contributed by atoms with Gasteiger partial charge < -0.3 is 66.3 Å². The number of halogens is 4. The molecular formula is C107H138Br4N8O16S5Sn2. The summed E-state index contributed by atoms with van der Waals surface area (Å²) in [4.78, 5) is 28.5. The number of hydrogen-bond acceptors (Lipinski definition) is 29. The van der Waals surface area contributed by atoms with Crippen LogP contribution in [0.1, 0.15) is 112 Å². The standard InChI is InChI=1S/C84H86Br4N8O16S5.5C4H9.C3H7.2Sn/c85-23-27-97-31-35-101-39-43-105-47-51-109-61-13-5-57(6-14-61)73-75(59-9-17-63(18-10-59)111-53-49-107-45-41-103-37-33-99-29-25-87)91-79-71(83-81(93-116-95-83)69(77(79)89-73)65-3-1-55-113-65)67-21-22-68(115-67)72-80-78(70(66-4-2-56-114-66)82-84(72)96-117-94-82)90-74(58-7-15-62(16-8-58)110-52-48-106-44-40-102-36-32-98-28-24-86)76(92-80)60-11-19-64(20-12-60)112-54-50-108-46-42-104-38-34-100-30-26-88;5*1-3-4-2;1-3-2;;/h1-22H,23-54H2;5*1,3-4H2,2H3;1,3H2,2H3;;. The third kappa shape index (κ3) is 33.0. The molecule has 0 N–H and O–H groups in total. The van der Waals surface area contributed by atoms with E-state index in [0.717, 1.165) is 118 Å². The average Bonchev–Trinajstić information content (AvgIpc) is 1.49. The van der Waals surface area contributed by atoms with Gasteiger partial charge in [0.05, 0.1) is 159 Å². The topological polar surface area (TPSA) is 251 Å². The predicted octanol–water partition coefficient (Wildman–Crippen LogP) is 26.1. The Morgan fingerprint density at radius 2 is 0.423 bits per heavy atom. The summed E-state index contributed by atoms with van der Waals surface area (Å²) < 4.78 is 127. The number of rotatable bonds is 75. The normalized spacial score (nSPS) is 12.0. The Morgan fingerprint density at radius 3 is 0.641 bits per heavy atom. The van der Waals surface area contributed by atoms with Crippen LogP contribution in [-0.4, -0.2) is 280 Å². The van der Waals surface area contributed by atoms with E-state index in [0.29, 0.717) is 242 Å². The number of thiophene rings is 3. The fourth-order valence-electron chi connectivity index (χ4n) is 17.5. The number of fused-ring (bicyclic) bond motifs is 4. The van der Waals surface area contributed by atoms with Crippen molar-refractivity contribution in [2.24, 2.45) is 0 Å². The van der Waals surface area contributed by atoms with Gasteiger partial charge in [-0.3, -0.25) is 0 Å². The second-order valence-electron chi connectivity index (χ2n) is 34.6. The zero-order valence-electron chi connectivity index (χ0n) is 83.0. The fraction of sp³-hybridized carbons (Fsp3) is 0.514. The first-order valence-corrected chi connectivity index (χ1v) is 73.8. The Bertz CT molecular complexity index is 5800. The molecule has 0 aliphatic carbocycles. The molecule has 768 valence electrons. The number of nitrogens with zero attached hydrogens (tertiary/aromatic N) is 8. The average molecular weight is 2510 g/mol. The van der Waals surface area contributed by atoms with Crippen LogP contribution in [0.25, 0.3) is 131 Å². The quantitative estimate of drug-likeness (QED) is 0.0195. The summed E-state index contributed by atoms with van der Waals surface area (Å²) in [6.45, 7) is 27.4. The molecule has 35 heteroatoms. The van der Waals surface area contributed by atoms with Gasteiger partial charge in [-0.05, 0) is 0 Å². The molecule has 0 radical (unpaired) electrons. The summed E-state index contributed by atoms with van der Waals surface area (Å²) in [5, 5.41) is 3.15. The van der Waals surface area contributed by atoms with E-state index in [-0.39, 0.29) is 0 Å². The van der Waals surface area contributed by atoms with Crippen LogP contribution in [0.15, 0.2) is 133 Å². The predicted molar refractivity (Wildman–Crippen MR) is 603 cm³/mol. The molecule has 24 nitrogen and oxygen atoms in total. The minimum atomic E-state index is -3.08. The molecule has 7 heterocycles. The van der Waals surface area contributed by atoms with E-state index in [2.05, 4.69) is 190 Å². The van der Waals surface area contributed by atoms with Gasteiger partial charge in [0.25, 0.3) is 0 Å². The van der Waals surface area contributed by atoms with Crippen molar-refractivity contribution in [3.05, 3.63) is 133 Å². The fourth-order valence-corrected chi connectivity index (χ4v) is 60.9. The van der Waals surface area contributed by atoms with Crippen molar-refractivity contribution < 1.29 is 75.8 Å². The van der Waals surface area contributed by atoms with E-state index >= 15 is 0 Å². The van der Waals surface area contributed by atoms with Crippen molar-refractivity contribution in [2.45, 2.75) is 139 Å². The molecular weight excluding hydrogens is 2370 g/mol. The summed E-state index contributed by atoms with van der Waals surface area (Å²) in [6.07, 6.45) is 13.2. The van der Waals surface area contributed by atoms with Gasteiger partial charge in [-0.25, -0.2) is 0 Å². The monoisotopic (exact) mass is 2510 g/mol. The van der Waals surface area contributed by atoms with Crippen molar-refractivity contribution >= 4 is 208 Å². The van der Waals surface area contributed by atoms with E-state index in [1.165, 1.54) is 121 Å². The summed E-state index contributed by atoms with van der Waals surface area (Å²) in [7, 11) is 0. The van der Waals surface area contributed by atoms with Gasteiger partial charge in [0.1, 0.15) is 26.4 Å². The van der Waals surface area contributed by atoms with Crippen molar-refractivity contribution in [1.29, 1.82) is 0 Å². The molecule has 0 saturated heterocycles. The molecule has 0 bridgehead atoms. The first-order chi connectivity index (χ1) is 70.1. The van der Waals surface area contributed by atoms with E-state index in [4.69, 9.17) is 113 Å².